The van der Waals surface area contributed by atoms with Crippen molar-refractivity contribution in [1.29, 1.82) is 0 Å². The van der Waals surface area contributed by atoms with E-state index in [1.165, 1.54) is 15.9 Å². The predicted molar refractivity (Wildman–Crippen MR) is 117 cm³/mol. The van der Waals surface area contributed by atoms with E-state index >= 15 is 0 Å². The number of aromatic nitrogens is 2. The van der Waals surface area contributed by atoms with Crippen LogP contribution in [0, 0.1) is 0 Å². The summed E-state index contributed by atoms with van der Waals surface area (Å²) in [7, 11) is -1.71. The molecule has 0 fully saturated rings. The predicted octanol–water partition coefficient (Wildman–Crippen LogP) is 1.27. The summed E-state index contributed by atoms with van der Waals surface area (Å²) in [5.41, 5.74) is 0. The molecule has 0 saturated heterocycles. The Balaban J connectivity index is 0.00000225. The van der Waals surface area contributed by atoms with Crippen LogP contribution in [0.2, 0.25) is 0 Å². The molecule has 0 radical (unpaired) electrons. The molecule has 0 saturated carbocycles. The summed E-state index contributed by atoms with van der Waals surface area (Å²) in [5.74, 6) is 0. The Morgan fingerprint density at radius 3 is 1.54 bits per heavy atom. The molecule has 28 heavy (non-hydrogen) atoms. The quantitative estimate of drug-likeness (QED) is 0.387. The lowest BCUT2D eigenvalue weighted by molar-refractivity contribution is -0.00000533. The van der Waals surface area contributed by atoms with E-state index in [9.17, 15) is 0 Å². The molecule has 0 aliphatic rings. The van der Waals surface area contributed by atoms with Gasteiger partial charge in [-0.2, -0.15) is 0 Å². The Bertz CT molecular complexity index is 845. The van der Waals surface area contributed by atoms with E-state index in [-0.39, 0.29) is 17.0 Å². The lowest BCUT2D eigenvalue weighted by atomic mass is 10.3. The summed E-state index contributed by atoms with van der Waals surface area (Å²) in [6.07, 6.45) is 8.07. The van der Waals surface area contributed by atoms with Crippen LogP contribution in [-0.2, 0) is 6.54 Å². The molecule has 3 aromatic carbocycles. The Kier molecular flexibility index (Phi) is 7.19. The van der Waals surface area contributed by atoms with Gasteiger partial charge in [0.2, 0.25) is 0 Å². The van der Waals surface area contributed by atoms with Gasteiger partial charge in [-0.25, -0.2) is 4.98 Å². The van der Waals surface area contributed by atoms with E-state index < -0.39 is 7.26 Å². The fourth-order valence-electron chi connectivity index (χ4n) is 3.79. The maximum absolute atomic E-state index is 4.18. The molecule has 4 aromatic rings. The van der Waals surface area contributed by atoms with Gasteiger partial charge >= 0.3 is 0 Å². The first-order valence-electron chi connectivity index (χ1n) is 9.40. The third kappa shape index (κ3) is 4.27. The zero-order valence-corrected chi connectivity index (χ0v) is 18.2. The van der Waals surface area contributed by atoms with Crippen molar-refractivity contribution in [2.45, 2.75) is 13.0 Å². The SMILES string of the molecule is [Br-].c1ccc([P+](CCCn2ccnc2)(c2ccccc2)c2ccccc2)cc1. The van der Waals surface area contributed by atoms with Gasteiger partial charge in [-0.3, -0.25) is 0 Å². The van der Waals surface area contributed by atoms with E-state index in [0.29, 0.717) is 0 Å². The van der Waals surface area contributed by atoms with Crippen molar-refractivity contribution in [1.82, 2.24) is 9.55 Å². The van der Waals surface area contributed by atoms with Crippen LogP contribution in [0.15, 0.2) is 110 Å². The van der Waals surface area contributed by atoms with Crippen LogP contribution in [0.1, 0.15) is 6.42 Å². The summed E-state index contributed by atoms with van der Waals surface area (Å²) in [4.78, 5) is 4.18. The fourth-order valence-corrected chi connectivity index (χ4v) is 8.12. The van der Waals surface area contributed by atoms with E-state index in [4.69, 9.17) is 0 Å². The molecule has 0 aliphatic carbocycles. The molecular weight excluding hydrogens is 427 g/mol. The second kappa shape index (κ2) is 9.82. The van der Waals surface area contributed by atoms with Crippen molar-refractivity contribution in [3.05, 3.63) is 110 Å². The largest absolute Gasteiger partial charge is 1.00 e. The molecule has 142 valence electrons. The molecule has 0 aliphatic heterocycles. The monoisotopic (exact) mass is 450 g/mol. The minimum atomic E-state index is -1.71. The van der Waals surface area contributed by atoms with Gasteiger partial charge in [0, 0.05) is 25.4 Å². The zero-order valence-electron chi connectivity index (χ0n) is 15.7. The first-order chi connectivity index (χ1) is 13.4. The highest BCUT2D eigenvalue weighted by atomic mass is 79.9. The molecule has 1 aromatic heterocycles. The lowest BCUT2D eigenvalue weighted by Crippen LogP contribution is -3.00. The number of rotatable bonds is 7. The number of hydrogen-bond donors (Lipinski definition) is 0. The number of nitrogens with zero attached hydrogens (tertiary/aromatic N) is 2. The maximum Gasteiger partial charge on any atom is 0.112 e. The van der Waals surface area contributed by atoms with Gasteiger partial charge in [0.15, 0.2) is 0 Å². The first kappa shape index (κ1) is 20.5. The Morgan fingerprint density at radius 2 is 1.14 bits per heavy atom. The van der Waals surface area contributed by atoms with Crippen LogP contribution in [0.5, 0.6) is 0 Å². The van der Waals surface area contributed by atoms with Crippen LogP contribution < -0.4 is 32.9 Å². The molecule has 2 nitrogen and oxygen atoms in total. The van der Waals surface area contributed by atoms with Crippen molar-refractivity contribution in [2.24, 2.45) is 0 Å². The number of imidazole rings is 1. The third-order valence-electron chi connectivity index (χ3n) is 5.06. The number of hydrogen-bond acceptors (Lipinski definition) is 1. The lowest BCUT2D eigenvalue weighted by Gasteiger charge is -2.27. The molecule has 0 amide bonds. The van der Waals surface area contributed by atoms with Crippen LogP contribution >= 0.6 is 7.26 Å². The van der Waals surface area contributed by atoms with E-state index in [0.717, 1.165) is 19.1 Å². The van der Waals surface area contributed by atoms with Crippen LogP contribution in [0.25, 0.3) is 0 Å². The summed E-state index contributed by atoms with van der Waals surface area (Å²) < 4.78 is 2.18. The zero-order chi connectivity index (χ0) is 18.4. The fraction of sp³-hybridized carbons (Fsp3) is 0.125. The van der Waals surface area contributed by atoms with Crippen molar-refractivity contribution in [3.8, 4) is 0 Å². The molecule has 4 heteroatoms. The average Bonchev–Trinajstić information content (AvgIpc) is 3.27. The second-order valence-corrected chi connectivity index (χ2v) is 10.3. The summed E-state index contributed by atoms with van der Waals surface area (Å²) in [6.45, 7) is 0.994. The molecule has 0 spiro atoms. The van der Waals surface area contributed by atoms with Crippen LogP contribution in [0.3, 0.4) is 0 Å². The Labute approximate surface area is 178 Å². The third-order valence-corrected chi connectivity index (χ3v) is 9.59. The number of halogens is 1. The maximum atomic E-state index is 4.18. The highest BCUT2D eigenvalue weighted by Gasteiger charge is 2.44. The van der Waals surface area contributed by atoms with Gasteiger partial charge in [0.1, 0.15) is 23.2 Å². The second-order valence-electron chi connectivity index (χ2n) is 6.69. The number of benzene rings is 3. The van der Waals surface area contributed by atoms with E-state index in [1.807, 2.05) is 18.7 Å². The van der Waals surface area contributed by atoms with Crippen molar-refractivity contribution < 1.29 is 17.0 Å². The molecule has 0 atom stereocenters. The van der Waals surface area contributed by atoms with E-state index in [1.54, 1.807) is 0 Å². The topological polar surface area (TPSA) is 17.8 Å². The molecule has 4 rings (SSSR count). The smallest absolute Gasteiger partial charge is 0.112 e. The Morgan fingerprint density at radius 1 is 0.679 bits per heavy atom. The van der Waals surface area contributed by atoms with Gasteiger partial charge in [0.25, 0.3) is 0 Å². The van der Waals surface area contributed by atoms with E-state index in [2.05, 4.69) is 101 Å². The normalized spacial score (nSPS) is 11.0. The highest BCUT2D eigenvalue weighted by Crippen LogP contribution is 2.55. The van der Waals surface area contributed by atoms with Crippen LogP contribution in [-0.4, -0.2) is 15.7 Å². The average molecular weight is 451 g/mol. The van der Waals surface area contributed by atoms with Crippen LogP contribution in [0.4, 0.5) is 0 Å². The standard InChI is InChI=1S/C24H24N2P.BrH/c1-4-11-22(12-5-1)27(23-13-6-2-7-14-23,24-15-8-3-9-16-24)20-10-18-26-19-17-25-21-26;/h1-9,11-17,19,21H,10,18,20H2;1H/q+1;/p-1. The van der Waals surface area contributed by atoms with Crippen molar-refractivity contribution in [2.75, 3.05) is 6.16 Å². The van der Waals surface area contributed by atoms with Crippen molar-refractivity contribution in [3.63, 3.8) is 0 Å². The molecule has 1 heterocycles. The first-order valence-corrected chi connectivity index (χ1v) is 11.4. The summed E-state index contributed by atoms with van der Waals surface area (Å²) >= 11 is 0. The molecule has 0 unspecified atom stereocenters. The minimum absolute atomic E-state index is 0. The van der Waals surface area contributed by atoms with Crippen molar-refractivity contribution >= 4 is 23.2 Å². The summed E-state index contributed by atoms with van der Waals surface area (Å²) in [6, 6.07) is 33.2. The van der Waals surface area contributed by atoms with Gasteiger partial charge < -0.3 is 21.5 Å². The molecular formula is C24H24BrN2P. The van der Waals surface area contributed by atoms with Gasteiger partial charge in [-0.1, -0.05) is 54.6 Å². The highest BCUT2D eigenvalue weighted by molar-refractivity contribution is 7.95. The number of aryl methyl sites for hydroxylation is 1. The van der Waals surface area contributed by atoms with Gasteiger partial charge in [-0.15, -0.1) is 0 Å². The summed E-state index contributed by atoms with van der Waals surface area (Å²) in [5, 5.41) is 4.36. The molecule has 0 bridgehead atoms. The van der Waals surface area contributed by atoms with Gasteiger partial charge in [-0.05, 0) is 36.4 Å². The molecule has 0 N–H and O–H groups in total. The van der Waals surface area contributed by atoms with Gasteiger partial charge in [0.05, 0.1) is 12.5 Å². The Hall–Kier alpha value is -2.22. The minimum Gasteiger partial charge on any atom is -1.00 e.